The molecule has 21 heavy (non-hydrogen) atoms. The van der Waals surface area contributed by atoms with Crippen molar-refractivity contribution in [2.24, 2.45) is 11.8 Å². The van der Waals surface area contributed by atoms with E-state index in [9.17, 15) is 19.8 Å². The van der Waals surface area contributed by atoms with E-state index in [1.165, 1.54) is 4.90 Å². The van der Waals surface area contributed by atoms with Gasteiger partial charge in [-0.3, -0.25) is 0 Å². The van der Waals surface area contributed by atoms with Crippen LogP contribution in [0.1, 0.15) is 39.5 Å². The predicted molar refractivity (Wildman–Crippen MR) is 77.9 cm³/mol. The molecule has 2 aliphatic heterocycles. The molecule has 2 amide bonds. The Bertz CT molecular complexity index is 399. The zero-order valence-corrected chi connectivity index (χ0v) is 12.9. The predicted octanol–water partition coefficient (Wildman–Crippen LogP) is 1.38. The van der Waals surface area contributed by atoms with Crippen molar-refractivity contribution in [2.75, 3.05) is 19.6 Å². The number of nitrogens with zero attached hydrogens (tertiary/aromatic N) is 2. The lowest BCUT2D eigenvalue weighted by Gasteiger charge is -2.39. The van der Waals surface area contributed by atoms with Crippen molar-refractivity contribution in [2.45, 2.75) is 51.7 Å². The van der Waals surface area contributed by atoms with Gasteiger partial charge in [0.05, 0.1) is 6.10 Å². The van der Waals surface area contributed by atoms with Gasteiger partial charge in [-0.05, 0) is 32.1 Å². The van der Waals surface area contributed by atoms with E-state index in [-0.39, 0.29) is 11.9 Å². The number of hydrogen-bond donors (Lipinski definition) is 2. The molecule has 0 aromatic heterocycles. The standard InChI is InChI=1S/C15H26N2O4/c1-3-11-4-7-17(13(8-11)14(19)20)15(21)16-6-5-12(9-16)10(2)18/h10-13,18H,3-9H2,1-2H3,(H,19,20). The molecular formula is C15H26N2O4. The van der Waals surface area contributed by atoms with Crippen LogP contribution >= 0.6 is 0 Å². The highest BCUT2D eigenvalue weighted by Gasteiger charge is 2.39. The molecule has 2 aliphatic rings. The minimum atomic E-state index is -0.909. The number of aliphatic carboxylic acids is 1. The van der Waals surface area contributed by atoms with E-state index in [4.69, 9.17) is 0 Å². The molecule has 0 radical (unpaired) electrons. The van der Waals surface area contributed by atoms with Gasteiger partial charge in [0.1, 0.15) is 6.04 Å². The molecule has 0 aromatic rings. The smallest absolute Gasteiger partial charge is 0.326 e. The van der Waals surface area contributed by atoms with Crippen molar-refractivity contribution in [3.8, 4) is 0 Å². The van der Waals surface area contributed by atoms with Gasteiger partial charge in [0.15, 0.2) is 0 Å². The van der Waals surface area contributed by atoms with Gasteiger partial charge in [0.2, 0.25) is 0 Å². The van der Waals surface area contributed by atoms with Crippen LogP contribution in [-0.4, -0.2) is 63.8 Å². The lowest BCUT2D eigenvalue weighted by atomic mass is 9.89. The summed E-state index contributed by atoms with van der Waals surface area (Å²) in [6, 6.07) is -0.887. The Hall–Kier alpha value is -1.30. The average molecular weight is 298 g/mol. The van der Waals surface area contributed by atoms with E-state index in [0.717, 1.165) is 19.3 Å². The number of rotatable bonds is 3. The van der Waals surface area contributed by atoms with Gasteiger partial charge >= 0.3 is 12.0 Å². The van der Waals surface area contributed by atoms with Crippen LogP contribution in [0.2, 0.25) is 0 Å². The first kappa shape index (κ1) is 16.1. The fraction of sp³-hybridized carbons (Fsp3) is 0.867. The van der Waals surface area contributed by atoms with Crippen LogP contribution in [0.4, 0.5) is 4.79 Å². The third kappa shape index (κ3) is 3.48. The third-order valence-corrected chi connectivity index (χ3v) is 5.00. The first-order valence-corrected chi connectivity index (χ1v) is 7.90. The largest absolute Gasteiger partial charge is 0.480 e. The number of urea groups is 1. The van der Waals surface area contributed by atoms with Crippen LogP contribution in [0, 0.1) is 11.8 Å². The molecule has 0 aliphatic carbocycles. The van der Waals surface area contributed by atoms with Crippen molar-refractivity contribution in [3.05, 3.63) is 0 Å². The number of amides is 2. The van der Waals surface area contributed by atoms with Crippen molar-refractivity contribution in [1.29, 1.82) is 0 Å². The number of piperidine rings is 1. The summed E-state index contributed by atoms with van der Waals surface area (Å²) in [5.74, 6) is -0.419. The van der Waals surface area contributed by atoms with Crippen LogP contribution in [0.3, 0.4) is 0 Å². The summed E-state index contributed by atoms with van der Waals surface area (Å²) < 4.78 is 0. The quantitative estimate of drug-likeness (QED) is 0.825. The van der Waals surface area contributed by atoms with Gasteiger partial charge in [-0.2, -0.15) is 0 Å². The van der Waals surface area contributed by atoms with Crippen LogP contribution in [0.25, 0.3) is 0 Å². The number of likely N-dealkylation sites (tertiary alicyclic amines) is 2. The number of aliphatic hydroxyl groups is 1. The molecule has 120 valence electrons. The minimum Gasteiger partial charge on any atom is -0.480 e. The van der Waals surface area contributed by atoms with Gasteiger partial charge in [-0.1, -0.05) is 13.3 Å². The maximum atomic E-state index is 12.6. The molecular weight excluding hydrogens is 272 g/mol. The number of carbonyl (C=O) groups excluding carboxylic acids is 1. The highest BCUT2D eigenvalue weighted by Crippen LogP contribution is 2.28. The molecule has 0 spiro atoms. The highest BCUT2D eigenvalue weighted by molar-refractivity contribution is 5.83. The van der Waals surface area contributed by atoms with Gasteiger partial charge in [-0.15, -0.1) is 0 Å². The topological polar surface area (TPSA) is 81.1 Å². The number of carboxylic acids is 1. The van der Waals surface area contributed by atoms with E-state index < -0.39 is 18.1 Å². The zero-order chi connectivity index (χ0) is 15.6. The second-order valence-corrected chi connectivity index (χ2v) is 6.36. The maximum absolute atomic E-state index is 12.6. The van der Waals surface area contributed by atoms with E-state index in [1.807, 2.05) is 0 Å². The number of aliphatic hydroxyl groups excluding tert-OH is 1. The summed E-state index contributed by atoms with van der Waals surface area (Å²) in [6.45, 7) is 5.45. The Morgan fingerprint density at radius 2 is 2.00 bits per heavy atom. The summed E-state index contributed by atoms with van der Waals surface area (Å²) in [5.41, 5.74) is 0. The van der Waals surface area contributed by atoms with Crippen LogP contribution in [0.5, 0.6) is 0 Å². The summed E-state index contributed by atoms with van der Waals surface area (Å²) in [7, 11) is 0. The van der Waals surface area contributed by atoms with Crippen molar-refractivity contribution < 1.29 is 19.8 Å². The third-order valence-electron chi connectivity index (χ3n) is 5.00. The Labute approximate surface area is 125 Å². The molecule has 2 N–H and O–H groups in total. The Kier molecular flexibility index (Phi) is 5.08. The monoisotopic (exact) mass is 298 g/mol. The zero-order valence-electron chi connectivity index (χ0n) is 12.9. The van der Waals surface area contributed by atoms with E-state index in [0.29, 0.717) is 32.0 Å². The second kappa shape index (κ2) is 6.64. The van der Waals surface area contributed by atoms with Crippen molar-refractivity contribution >= 4 is 12.0 Å². The number of carbonyl (C=O) groups is 2. The first-order chi connectivity index (χ1) is 9.93. The summed E-state index contributed by atoms with van der Waals surface area (Å²) in [6.07, 6.45) is 2.74. The van der Waals surface area contributed by atoms with Crippen molar-refractivity contribution in [1.82, 2.24) is 9.80 Å². The van der Waals surface area contributed by atoms with Gasteiger partial charge in [-0.25, -0.2) is 9.59 Å². The molecule has 0 aromatic carbocycles. The number of hydrogen-bond acceptors (Lipinski definition) is 3. The van der Waals surface area contributed by atoms with Gasteiger partial charge in [0.25, 0.3) is 0 Å². The lowest BCUT2D eigenvalue weighted by Crippen LogP contribution is -2.54. The van der Waals surface area contributed by atoms with Crippen molar-refractivity contribution in [3.63, 3.8) is 0 Å². The average Bonchev–Trinajstić information content (AvgIpc) is 2.95. The molecule has 0 saturated carbocycles. The first-order valence-electron chi connectivity index (χ1n) is 7.90. The Morgan fingerprint density at radius 1 is 1.29 bits per heavy atom. The SMILES string of the molecule is CCC1CCN(C(=O)N2CCC(C(C)O)C2)C(C(=O)O)C1. The Morgan fingerprint density at radius 3 is 2.52 bits per heavy atom. The molecule has 6 heteroatoms. The van der Waals surface area contributed by atoms with E-state index >= 15 is 0 Å². The summed E-state index contributed by atoms with van der Waals surface area (Å²) >= 11 is 0. The molecule has 2 heterocycles. The normalized spacial score (nSPS) is 31.3. The molecule has 0 bridgehead atoms. The molecule has 2 rings (SSSR count). The minimum absolute atomic E-state index is 0.102. The summed E-state index contributed by atoms with van der Waals surface area (Å²) in [4.78, 5) is 27.3. The molecule has 2 saturated heterocycles. The van der Waals surface area contributed by atoms with Crippen LogP contribution in [0.15, 0.2) is 0 Å². The lowest BCUT2D eigenvalue weighted by molar-refractivity contribution is -0.144. The Balaban J connectivity index is 2.02. The van der Waals surface area contributed by atoms with E-state index in [1.54, 1.807) is 11.8 Å². The maximum Gasteiger partial charge on any atom is 0.326 e. The van der Waals surface area contributed by atoms with Gasteiger partial charge < -0.3 is 20.0 Å². The second-order valence-electron chi connectivity index (χ2n) is 6.36. The molecule has 4 unspecified atom stereocenters. The highest BCUT2D eigenvalue weighted by atomic mass is 16.4. The fourth-order valence-electron chi connectivity index (χ4n) is 3.41. The summed E-state index contributed by atoms with van der Waals surface area (Å²) in [5, 5.41) is 19.0. The van der Waals surface area contributed by atoms with Crippen LogP contribution < -0.4 is 0 Å². The van der Waals surface area contributed by atoms with E-state index in [2.05, 4.69) is 6.92 Å². The fourth-order valence-corrected chi connectivity index (χ4v) is 3.41. The molecule has 6 nitrogen and oxygen atoms in total. The number of carboxylic acid groups (broad SMARTS) is 1. The molecule has 2 fully saturated rings. The van der Waals surface area contributed by atoms with Crippen LogP contribution in [-0.2, 0) is 4.79 Å². The van der Waals surface area contributed by atoms with Gasteiger partial charge in [0, 0.05) is 25.6 Å². The molecule has 4 atom stereocenters.